The molecule has 1 aliphatic rings. The number of rotatable bonds is 3. The number of hydrogen-bond acceptors (Lipinski definition) is 4. The minimum absolute atomic E-state index is 0.173. The number of aromatic carboxylic acids is 1. The maximum atomic E-state index is 13.2. The Bertz CT molecular complexity index is 688. The second-order valence-electron chi connectivity index (χ2n) is 4.39. The van der Waals surface area contributed by atoms with Crippen molar-refractivity contribution in [3.63, 3.8) is 0 Å². The first-order valence-corrected chi connectivity index (χ1v) is 7.16. The molecule has 9 heteroatoms. The maximum absolute atomic E-state index is 13.2. The van der Waals surface area contributed by atoms with Crippen LogP contribution in [0.2, 0.25) is 0 Å². The summed E-state index contributed by atoms with van der Waals surface area (Å²) in [6, 6.07) is 2.85. The molecular weight excluding hydrogens is 291 g/mol. The van der Waals surface area contributed by atoms with Gasteiger partial charge in [0.25, 0.3) is 0 Å². The molecule has 1 atom stereocenters. The molecule has 108 valence electrons. The number of carbonyl (C=O) groups is 2. The second kappa shape index (κ2) is 4.84. The van der Waals surface area contributed by atoms with Gasteiger partial charge in [-0.15, -0.1) is 0 Å². The van der Waals surface area contributed by atoms with Gasteiger partial charge in [0.15, 0.2) is 0 Å². The van der Waals surface area contributed by atoms with Gasteiger partial charge in [0.2, 0.25) is 15.9 Å². The van der Waals surface area contributed by atoms with E-state index >= 15 is 0 Å². The molecule has 3 N–H and O–H groups in total. The maximum Gasteiger partial charge on any atom is 0.337 e. The van der Waals surface area contributed by atoms with Crippen molar-refractivity contribution in [1.82, 2.24) is 0 Å². The number of benzene rings is 1. The first-order chi connectivity index (χ1) is 9.20. The lowest BCUT2D eigenvalue weighted by atomic mass is 10.1. The summed E-state index contributed by atoms with van der Waals surface area (Å²) in [5, 5.41) is 12.9. The van der Waals surface area contributed by atoms with Crippen molar-refractivity contribution in [2.45, 2.75) is 11.7 Å². The topological polar surface area (TPSA) is 118 Å². The Morgan fingerprint density at radius 1 is 1.45 bits per heavy atom. The van der Waals surface area contributed by atoms with Gasteiger partial charge in [-0.25, -0.2) is 22.7 Å². The number of nitrogens with two attached hydrogens (primary N) is 1. The number of carboxylic acids is 1. The molecule has 20 heavy (non-hydrogen) atoms. The van der Waals surface area contributed by atoms with Gasteiger partial charge < -0.3 is 10.0 Å². The third-order valence-corrected chi connectivity index (χ3v) is 4.28. The molecule has 0 radical (unpaired) electrons. The van der Waals surface area contributed by atoms with Crippen molar-refractivity contribution >= 4 is 27.6 Å². The third kappa shape index (κ3) is 2.63. The average Bonchev–Trinajstić information content (AvgIpc) is 2.70. The van der Waals surface area contributed by atoms with E-state index in [-0.39, 0.29) is 24.2 Å². The Morgan fingerprint density at radius 2 is 2.10 bits per heavy atom. The summed E-state index contributed by atoms with van der Waals surface area (Å²) >= 11 is 0. The molecule has 1 saturated heterocycles. The minimum atomic E-state index is -3.92. The van der Waals surface area contributed by atoms with Gasteiger partial charge in [0.1, 0.15) is 11.1 Å². The molecule has 1 heterocycles. The molecule has 1 amide bonds. The summed E-state index contributed by atoms with van der Waals surface area (Å²) in [7, 11) is -3.92. The van der Waals surface area contributed by atoms with Crippen LogP contribution in [0.15, 0.2) is 18.2 Å². The summed E-state index contributed by atoms with van der Waals surface area (Å²) in [6.45, 7) is -0.290. The predicted molar refractivity (Wildman–Crippen MR) is 67.2 cm³/mol. The number of sulfonamides is 1. The summed E-state index contributed by atoms with van der Waals surface area (Å²) in [5.74, 6) is -2.68. The quantitative estimate of drug-likeness (QED) is 0.809. The SMILES string of the molecule is NS(=O)(=O)C1CC(=O)N(c2cc(F)ccc2C(=O)O)C1. The summed E-state index contributed by atoms with van der Waals surface area (Å²) < 4.78 is 35.7. The van der Waals surface area contributed by atoms with E-state index in [4.69, 9.17) is 10.2 Å². The smallest absolute Gasteiger partial charge is 0.337 e. The van der Waals surface area contributed by atoms with E-state index in [1.807, 2.05) is 0 Å². The zero-order chi connectivity index (χ0) is 15.1. The van der Waals surface area contributed by atoms with Gasteiger partial charge in [-0.1, -0.05) is 0 Å². The number of halogens is 1. The van der Waals surface area contributed by atoms with Crippen LogP contribution in [0.25, 0.3) is 0 Å². The normalized spacial score (nSPS) is 19.4. The van der Waals surface area contributed by atoms with Crippen molar-refractivity contribution in [2.75, 3.05) is 11.4 Å². The van der Waals surface area contributed by atoms with E-state index in [2.05, 4.69) is 0 Å². The van der Waals surface area contributed by atoms with Crippen LogP contribution in [0.1, 0.15) is 16.8 Å². The lowest BCUT2D eigenvalue weighted by molar-refractivity contribution is -0.117. The van der Waals surface area contributed by atoms with Crippen molar-refractivity contribution in [3.8, 4) is 0 Å². The van der Waals surface area contributed by atoms with Gasteiger partial charge in [-0.05, 0) is 18.2 Å². The van der Waals surface area contributed by atoms with Crippen molar-refractivity contribution in [2.24, 2.45) is 5.14 Å². The first-order valence-electron chi connectivity index (χ1n) is 5.55. The molecular formula is C11H11FN2O5S. The molecule has 0 aromatic heterocycles. The highest BCUT2D eigenvalue weighted by Gasteiger charge is 2.38. The zero-order valence-electron chi connectivity index (χ0n) is 10.1. The predicted octanol–water partition coefficient (Wildman–Crippen LogP) is -0.0823. The number of carbonyl (C=O) groups excluding carboxylic acids is 1. The molecule has 0 saturated carbocycles. The van der Waals surface area contributed by atoms with E-state index in [1.165, 1.54) is 0 Å². The fraction of sp³-hybridized carbons (Fsp3) is 0.273. The summed E-state index contributed by atoms with van der Waals surface area (Å²) in [6.07, 6.45) is -0.353. The first kappa shape index (κ1) is 14.4. The van der Waals surface area contributed by atoms with Crippen LogP contribution in [0.4, 0.5) is 10.1 Å². The Balaban J connectivity index is 2.45. The number of primary sulfonamides is 1. The molecule has 0 spiro atoms. The number of hydrogen-bond donors (Lipinski definition) is 2. The Kier molecular flexibility index (Phi) is 3.48. The number of anilines is 1. The van der Waals surface area contributed by atoms with E-state index in [1.54, 1.807) is 0 Å². The molecule has 1 aliphatic heterocycles. The Hall–Kier alpha value is -2.00. The summed E-state index contributed by atoms with van der Waals surface area (Å²) in [5.41, 5.74) is -0.455. The van der Waals surface area contributed by atoms with Crippen LogP contribution in [-0.4, -0.2) is 37.2 Å². The van der Waals surface area contributed by atoms with Crippen LogP contribution >= 0.6 is 0 Å². The van der Waals surface area contributed by atoms with Gasteiger partial charge in [-0.2, -0.15) is 0 Å². The molecule has 0 aliphatic carbocycles. The standard InChI is InChI=1S/C11H11FN2O5S/c12-6-1-2-8(11(16)17)9(3-6)14-5-7(4-10(14)15)20(13,18)19/h1-3,7H,4-5H2,(H,16,17)(H2,13,18,19). The average molecular weight is 302 g/mol. The monoisotopic (exact) mass is 302 g/mol. The highest BCUT2D eigenvalue weighted by Crippen LogP contribution is 2.28. The molecule has 0 bridgehead atoms. The van der Waals surface area contributed by atoms with Crippen molar-refractivity contribution in [3.05, 3.63) is 29.6 Å². The van der Waals surface area contributed by atoms with Gasteiger partial charge in [-0.3, -0.25) is 4.79 Å². The zero-order valence-corrected chi connectivity index (χ0v) is 10.9. The fourth-order valence-corrected chi connectivity index (χ4v) is 2.77. The van der Waals surface area contributed by atoms with Crippen molar-refractivity contribution in [1.29, 1.82) is 0 Å². The number of carboxylic acid groups (broad SMARTS) is 1. The molecule has 2 rings (SSSR count). The van der Waals surface area contributed by atoms with Crippen LogP contribution in [-0.2, 0) is 14.8 Å². The molecule has 1 fully saturated rings. The lowest BCUT2D eigenvalue weighted by Gasteiger charge is -2.18. The number of amides is 1. The molecule has 1 aromatic carbocycles. The van der Waals surface area contributed by atoms with Crippen LogP contribution in [0, 0.1) is 5.82 Å². The van der Waals surface area contributed by atoms with E-state index in [9.17, 15) is 22.4 Å². The Labute approximate surface area is 113 Å². The van der Waals surface area contributed by atoms with Gasteiger partial charge >= 0.3 is 5.97 Å². The summed E-state index contributed by atoms with van der Waals surface area (Å²) in [4.78, 5) is 23.8. The van der Waals surface area contributed by atoms with Crippen LogP contribution in [0.3, 0.4) is 0 Å². The van der Waals surface area contributed by atoms with E-state index in [0.717, 1.165) is 23.1 Å². The van der Waals surface area contributed by atoms with Gasteiger partial charge in [0, 0.05) is 13.0 Å². The van der Waals surface area contributed by atoms with E-state index in [0.29, 0.717) is 0 Å². The molecule has 1 unspecified atom stereocenters. The highest BCUT2D eigenvalue weighted by molar-refractivity contribution is 7.89. The van der Waals surface area contributed by atoms with Gasteiger partial charge in [0.05, 0.1) is 11.3 Å². The van der Waals surface area contributed by atoms with Crippen molar-refractivity contribution < 1.29 is 27.5 Å². The molecule has 1 aromatic rings. The van der Waals surface area contributed by atoms with Crippen LogP contribution < -0.4 is 10.0 Å². The van der Waals surface area contributed by atoms with Crippen LogP contribution in [0.5, 0.6) is 0 Å². The largest absolute Gasteiger partial charge is 0.478 e. The molecule has 7 nitrogen and oxygen atoms in total. The third-order valence-electron chi connectivity index (χ3n) is 3.04. The fourth-order valence-electron chi connectivity index (χ4n) is 2.04. The van der Waals surface area contributed by atoms with E-state index < -0.39 is 33.0 Å². The second-order valence-corrected chi connectivity index (χ2v) is 6.23. The number of nitrogens with zero attached hydrogens (tertiary/aromatic N) is 1. The Morgan fingerprint density at radius 3 is 2.60 bits per heavy atom. The minimum Gasteiger partial charge on any atom is -0.478 e. The highest BCUT2D eigenvalue weighted by atomic mass is 32.2. The lowest BCUT2D eigenvalue weighted by Crippen LogP contribution is -2.32.